The number of rotatable bonds is 8. The van der Waals surface area contributed by atoms with Crippen LogP contribution in [-0.2, 0) is 9.53 Å². The fraction of sp³-hybridized carbons (Fsp3) is 0.350. The van der Waals surface area contributed by atoms with Crippen LogP contribution in [0.4, 0.5) is 5.69 Å². The standard InChI is InChI=1S/C20H24N2O4/c1-4-14(3)15-9-6-7-11-17(15)22-18(23)13-26-20(24)16-10-8-12-21-19(16)25-5-2/h6-12,14H,4-5,13H2,1-3H3,(H,22,23)/t14-/m1/s1. The minimum Gasteiger partial charge on any atom is -0.477 e. The van der Waals surface area contributed by atoms with Gasteiger partial charge in [-0.1, -0.05) is 32.0 Å². The topological polar surface area (TPSA) is 77.5 Å². The van der Waals surface area contributed by atoms with Crippen molar-refractivity contribution >= 4 is 17.6 Å². The zero-order valence-electron chi connectivity index (χ0n) is 15.3. The summed E-state index contributed by atoms with van der Waals surface area (Å²) >= 11 is 0. The maximum Gasteiger partial charge on any atom is 0.344 e. The van der Waals surface area contributed by atoms with Gasteiger partial charge in [-0.3, -0.25) is 4.79 Å². The molecule has 0 aliphatic heterocycles. The van der Waals surface area contributed by atoms with Gasteiger partial charge in [-0.05, 0) is 43.0 Å². The molecule has 2 aromatic rings. The van der Waals surface area contributed by atoms with E-state index in [1.165, 1.54) is 6.20 Å². The maximum absolute atomic E-state index is 12.2. The Kier molecular flexibility index (Phi) is 7.14. The van der Waals surface area contributed by atoms with E-state index < -0.39 is 11.9 Å². The summed E-state index contributed by atoms with van der Waals surface area (Å²) in [6.07, 6.45) is 2.49. The molecule has 6 nitrogen and oxygen atoms in total. The Labute approximate surface area is 153 Å². The molecule has 0 aliphatic carbocycles. The highest BCUT2D eigenvalue weighted by Gasteiger charge is 2.17. The lowest BCUT2D eigenvalue weighted by atomic mass is 9.97. The van der Waals surface area contributed by atoms with E-state index in [0.29, 0.717) is 12.5 Å². The van der Waals surface area contributed by atoms with Crippen molar-refractivity contribution in [3.63, 3.8) is 0 Å². The van der Waals surface area contributed by atoms with E-state index in [1.54, 1.807) is 19.1 Å². The van der Waals surface area contributed by atoms with Crippen molar-refractivity contribution in [2.24, 2.45) is 0 Å². The Bertz CT molecular complexity index is 761. The summed E-state index contributed by atoms with van der Waals surface area (Å²) in [5, 5.41) is 2.81. The van der Waals surface area contributed by atoms with Crippen molar-refractivity contribution in [2.45, 2.75) is 33.1 Å². The highest BCUT2D eigenvalue weighted by Crippen LogP contribution is 2.26. The molecule has 1 heterocycles. The minimum absolute atomic E-state index is 0.196. The molecule has 0 saturated carbocycles. The summed E-state index contributed by atoms with van der Waals surface area (Å²) in [7, 11) is 0. The highest BCUT2D eigenvalue weighted by molar-refractivity contribution is 5.96. The first-order chi connectivity index (χ1) is 12.6. The molecule has 0 spiro atoms. The molecule has 1 aromatic heterocycles. The van der Waals surface area contributed by atoms with Crippen LogP contribution in [0.2, 0.25) is 0 Å². The van der Waals surface area contributed by atoms with Gasteiger partial charge in [0.25, 0.3) is 5.91 Å². The van der Waals surface area contributed by atoms with Gasteiger partial charge in [-0.2, -0.15) is 0 Å². The lowest BCUT2D eigenvalue weighted by Gasteiger charge is -2.15. The van der Waals surface area contributed by atoms with Crippen LogP contribution < -0.4 is 10.1 Å². The molecular formula is C20H24N2O4. The highest BCUT2D eigenvalue weighted by atomic mass is 16.5. The Morgan fingerprint density at radius 3 is 2.65 bits per heavy atom. The number of anilines is 1. The second kappa shape index (κ2) is 9.56. The lowest BCUT2D eigenvalue weighted by Crippen LogP contribution is -2.22. The molecular weight excluding hydrogens is 332 g/mol. The Morgan fingerprint density at radius 1 is 1.15 bits per heavy atom. The summed E-state index contributed by atoms with van der Waals surface area (Å²) in [6, 6.07) is 10.8. The van der Waals surface area contributed by atoms with E-state index >= 15 is 0 Å². The smallest absolute Gasteiger partial charge is 0.344 e. The molecule has 2 rings (SSSR count). The number of carbonyl (C=O) groups is 2. The van der Waals surface area contributed by atoms with Crippen LogP contribution in [0.15, 0.2) is 42.6 Å². The number of amides is 1. The van der Waals surface area contributed by atoms with Crippen LogP contribution in [0, 0.1) is 0 Å². The van der Waals surface area contributed by atoms with Crippen molar-refractivity contribution in [3.05, 3.63) is 53.7 Å². The summed E-state index contributed by atoms with van der Waals surface area (Å²) in [5.41, 5.74) is 1.99. The van der Waals surface area contributed by atoms with Crippen molar-refractivity contribution in [2.75, 3.05) is 18.5 Å². The zero-order chi connectivity index (χ0) is 18.9. The number of pyridine rings is 1. The minimum atomic E-state index is -0.646. The van der Waals surface area contributed by atoms with Crippen LogP contribution in [-0.4, -0.2) is 30.1 Å². The number of benzene rings is 1. The van der Waals surface area contributed by atoms with Gasteiger partial charge in [-0.25, -0.2) is 9.78 Å². The summed E-state index contributed by atoms with van der Waals surface area (Å²) < 4.78 is 10.4. The second-order valence-corrected chi connectivity index (χ2v) is 5.81. The molecule has 0 bridgehead atoms. The van der Waals surface area contributed by atoms with Crippen molar-refractivity contribution < 1.29 is 19.1 Å². The van der Waals surface area contributed by atoms with Gasteiger partial charge in [-0.15, -0.1) is 0 Å². The average molecular weight is 356 g/mol. The third-order valence-corrected chi connectivity index (χ3v) is 3.98. The van der Waals surface area contributed by atoms with Gasteiger partial charge in [0.15, 0.2) is 6.61 Å². The predicted molar refractivity (Wildman–Crippen MR) is 99.5 cm³/mol. The Hall–Kier alpha value is -2.89. The molecule has 0 fully saturated rings. The molecule has 1 amide bonds. The van der Waals surface area contributed by atoms with E-state index in [4.69, 9.17) is 9.47 Å². The molecule has 0 aliphatic rings. The van der Waals surface area contributed by atoms with Crippen molar-refractivity contribution in [3.8, 4) is 5.88 Å². The third-order valence-electron chi connectivity index (χ3n) is 3.98. The molecule has 138 valence electrons. The largest absolute Gasteiger partial charge is 0.477 e. The summed E-state index contributed by atoms with van der Waals surface area (Å²) in [6.45, 7) is 5.99. The van der Waals surface area contributed by atoms with Gasteiger partial charge in [0, 0.05) is 11.9 Å². The maximum atomic E-state index is 12.2. The number of ether oxygens (including phenoxy) is 2. The van der Waals surface area contributed by atoms with E-state index in [1.807, 2.05) is 24.3 Å². The Balaban J connectivity index is 1.99. The first kappa shape index (κ1) is 19.4. The molecule has 1 atom stereocenters. The van der Waals surface area contributed by atoms with E-state index in [9.17, 15) is 9.59 Å². The fourth-order valence-electron chi connectivity index (χ4n) is 2.45. The van der Waals surface area contributed by atoms with Gasteiger partial charge in [0.1, 0.15) is 5.56 Å². The van der Waals surface area contributed by atoms with Crippen LogP contribution in [0.5, 0.6) is 5.88 Å². The predicted octanol–water partition coefficient (Wildman–Crippen LogP) is 3.79. The van der Waals surface area contributed by atoms with E-state index in [2.05, 4.69) is 24.1 Å². The van der Waals surface area contributed by atoms with E-state index in [-0.39, 0.29) is 18.1 Å². The van der Waals surface area contributed by atoms with Gasteiger partial charge in [0.2, 0.25) is 5.88 Å². The van der Waals surface area contributed by atoms with E-state index in [0.717, 1.165) is 17.7 Å². The van der Waals surface area contributed by atoms with Crippen LogP contribution in [0.3, 0.4) is 0 Å². The Morgan fingerprint density at radius 2 is 1.92 bits per heavy atom. The van der Waals surface area contributed by atoms with Crippen molar-refractivity contribution in [1.29, 1.82) is 0 Å². The number of carbonyl (C=O) groups excluding carboxylic acids is 2. The number of esters is 1. The van der Waals surface area contributed by atoms with Gasteiger partial charge in [0.05, 0.1) is 6.61 Å². The van der Waals surface area contributed by atoms with Gasteiger partial charge >= 0.3 is 5.97 Å². The molecule has 0 radical (unpaired) electrons. The second-order valence-electron chi connectivity index (χ2n) is 5.81. The normalized spacial score (nSPS) is 11.5. The first-order valence-corrected chi connectivity index (χ1v) is 8.70. The third kappa shape index (κ3) is 5.05. The fourth-order valence-corrected chi connectivity index (χ4v) is 2.45. The average Bonchev–Trinajstić information content (AvgIpc) is 2.66. The number of hydrogen-bond acceptors (Lipinski definition) is 5. The summed E-state index contributed by atoms with van der Waals surface area (Å²) in [5.74, 6) is -0.524. The molecule has 1 N–H and O–H groups in total. The van der Waals surface area contributed by atoms with Crippen LogP contribution >= 0.6 is 0 Å². The number of hydrogen-bond donors (Lipinski definition) is 1. The number of para-hydroxylation sites is 1. The molecule has 26 heavy (non-hydrogen) atoms. The SMILES string of the molecule is CCOc1ncccc1C(=O)OCC(=O)Nc1ccccc1[C@H](C)CC. The van der Waals surface area contributed by atoms with Crippen LogP contribution in [0.25, 0.3) is 0 Å². The number of nitrogens with one attached hydrogen (secondary N) is 1. The molecule has 6 heteroatoms. The van der Waals surface area contributed by atoms with Crippen molar-refractivity contribution in [1.82, 2.24) is 4.98 Å². The molecule has 1 aromatic carbocycles. The lowest BCUT2D eigenvalue weighted by molar-refractivity contribution is -0.119. The monoisotopic (exact) mass is 356 g/mol. The number of aromatic nitrogens is 1. The quantitative estimate of drug-likeness (QED) is 0.728. The summed E-state index contributed by atoms with van der Waals surface area (Å²) in [4.78, 5) is 28.4. The zero-order valence-corrected chi connectivity index (χ0v) is 15.3. The molecule has 0 saturated heterocycles. The van der Waals surface area contributed by atoms with Crippen LogP contribution in [0.1, 0.15) is 49.0 Å². The first-order valence-electron chi connectivity index (χ1n) is 8.70. The number of nitrogens with zero attached hydrogens (tertiary/aromatic N) is 1. The van der Waals surface area contributed by atoms with Gasteiger partial charge < -0.3 is 14.8 Å². The molecule has 0 unspecified atom stereocenters.